The minimum atomic E-state index is -3.72. The molecule has 0 bridgehead atoms. The largest absolute Gasteiger partial charge is 0.444 e. The molecule has 2 aromatic carbocycles. The smallest absolute Gasteiger partial charge is 0.407 e. The third kappa shape index (κ3) is 8.26. The van der Waals surface area contributed by atoms with E-state index in [1.54, 1.807) is 45.0 Å². The Morgan fingerprint density at radius 1 is 1.06 bits per heavy atom. The van der Waals surface area contributed by atoms with Crippen LogP contribution < -0.4 is 21.3 Å². The Labute approximate surface area is 273 Å². The molecule has 2 fully saturated rings. The van der Waals surface area contributed by atoms with E-state index in [0.29, 0.717) is 38.0 Å². The van der Waals surface area contributed by atoms with Crippen molar-refractivity contribution in [1.29, 1.82) is 0 Å². The number of fused-ring (bicyclic) bond motifs is 1. The van der Waals surface area contributed by atoms with Crippen LogP contribution >= 0.6 is 0 Å². The van der Waals surface area contributed by atoms with Crippen molar-refractivity contribution in [3.8, 4) is 0 Å². The summed E-state index contributed by atoms with van der Waals surface area (Å²) in [7, 11) is -3.72. The SMILES string of the molecule is CC(C)(C)OC(=O)NC1CCN(S(=O)(=O)c2cccc(CNCCNc3cc4c(cc3F)C(=O)N(C3CCC(=O)NC3=O)C4)c2)CC1. The number of hydrogen-bond acceptors (Lipinski definition) is 9. The molecule has 0 aliphatic carbocycles. The van der Waals surface area contributed by atoms with Crippen LogP contribution in [0.3, 0.4) is 0 Å². The summed E-state index contributed by atoms with van der Waals surface area (Å²) in [5, 5.41) is 11.3. The summed E-state index contributed by atoms with van der Waals surface area (Å²) in [4.78, 5) is 50.3. The number of rotatable bonds is 10. The molecule has 0 spiro atoms. The normalized spacial score (nSPS) is 19.4. The van der Waals surface area contributed by atoms with E-state index in [1.165, 1.54) is 15.3 Å². The van der Waals surface area contributed by atoms with E-state index in [0.717, 1.165) is 5.56 Å². The summed E-state index contributed by atoms with van der Waals surface area (Å²) in [5.74, 6) is -1.93. The Kier molecular flexibility index (Phi) is 10.2. The number of piperidine rings is 2. The summed E-state index contributed by atoms with van der Waals surface area (Å²) >= 11 is 0. The Morgan fingerprint density at radius 2 is 1.81 bits per heavy atom. The lowest BCUT2D eigenvalue weighted by atomic mass is 10.0. The number of imide groups is 1. The van der Waals surface area contributed by atoms with Gasteiger partial charge in [-0.05, 0) is 75.4 Å². The Bertz CT molecular complexity index is 1650. The fourth-order valence-corrected chi connectivity index (χ4v) is 7.46. The van der Waals surface area contributed by atoms with E-state index in [1.807, 2.05) is 6.07 Å². The van der Waals surface area contributed by atoms with Gasteiger partial charge in [-0.2, -0.15) is 4.31 Å². The lowest BCUT2D eigenvalue weighted by molar-refractivity contribution is -0.136. The van der Waals surface area contributed by atoms with Crippen molar-refractivity contribution in [3.63, 3.8) is 0 Å². The van der Waals surface area contributed by atoms with Gasteiger partial charge in [-0.3, -0.25) is 19.7 Å². The van der Waals surface area contributed by atoms with Crippen molar-refractivity contribution in [2.24, 2.45) is 0 Å². The first-order chi connectivity index (χ1) is 22.2. The fourth-order valence-electron chi connectivity index (χ4n) is 5.92. The van der Waals surface area contributed by atoms with E-state index in [9.17, 15) is 32.0 Å². The van der Waals surface area contributed by atoms with Gasteiger partial charge in [0.15, 0.2) is 0 Å². The number of hydrogen-bond donors (Lipinski definition) is 4. The molecule has 2 saturated heterocycles. The van der Waals surface area contributed by atoms with Crippen molar-refractivity contribution in [3.05, 3.63) is 58.9 Å². The maximum Gasteiger partial charge on any atom is 0.407 e. The van der Waals surface area contributed by atoms with Gasteiger partial charge in [-0.1, -0.05) is 12.1 Å². The first-order valence-electron chi connectivity index (χ1n) is 15.7. The number of anilines is 1. The Balaban J connectivity index is 1.09. The predicted octanol–water partition coefficient (Wildman–Crippen LogP) is 2.47. The van der Waals surface area contributed by atoms with Crippen LogP contribution in [0.2, 0.25) is 0 Å². The molecule has 1 atom stereocenters. The van der Waals surface area contributed by atoms with Gasteiger partial charge >= 0.3 is 6.09 Å². The molecule has 3 aliphatic heterocycles. The quantitative estimate of drug-likeness (QED) is 0.219. The van der Waals surface area contributed by atoms with E-state index >= 15 is 0 Å². The number of nitrogens with zero attached hydrogens (tertiary/aromatic N) is 2. The third-order valence-electron chi connectivity index (χ3n) is 8.27. The number of ether oxygens (including phenoxy) is 1. The first-order valence-corrected chi connectivity index (χ1v) is 17.2. The molecule has 1 unspecified atom stereocenters. The van der Waals surface area contributed by atoms with Crippen LogP contribution in [0.1, 0.15) is 67.9 Å². The van der Waals surface area contributed by atoms with Gasteiger partial charge in [-0.15, -0.1) is 0 Å². The summed E-state index contributed by atoms with van der Waals surface area (Å²) in [6, 6.07) is 8.51. The average Bonchev–Trinajstić information content (AvgIpc) is 3.31. The number of nitrogens with one attached hydrogen (secondary N) is 4. The Morgan fingerprint density at radius 3 is 2.51 bits per heavy atom. The molecule has 3 aliphatic rings. The number of sulfonamides is 1. The maximum absolute atomic E-state index is 14.9. The maximum atomic E-state index is 14.9. The fraction of sp³-hybridized carbons (Fsp3) is 0.500. The highest BCUT2D eigenvalue weighted by Gasteiger charge is 2.39. The second kappa shape index (κ2) is 14.0. The molecule has 47 heavy (non-hydrogen) atoms. The van der Waals surface area contributed by atoms with Crippen molar-refractivity contribution < 1.29 is 36.7 Å². The standard InChI is InChI=1S/C32H41FN6O7S/c1-32(2,3)46-31(43)36-22-9-13-38(14-10-22)47(44,45)23-6-4-5-20(15-23)18-34-11-12-35-26-16-21-19-39(30(42)24(21)17-25(26)33)27-7-8-28(40)37-29(27)41/h4-6,15-17,22,27,34-35H,7-14,18-19H2,1-3H3,(H,36,43)(H,37,40,41). The van der Waals surface area contributed by atoms with Crippen LogP contribution in [0.4, 0.5) is 14.9 Å². The molecule has 2 aromatic rings. The van der Waals surface area contributed by atoms with Gasteiger partial charge in [0.05, 0.1) is 10.6 Å². The molecule has 254 valence electrons. The molecule has 13 nitrogen and oxygen atoms in total. The van der Waals surface area contributed by atoms with Crippen LogP contribution in [-0.2, 0) is 37.4 Å². The molecule has 0 radical (unpaired) electrons. The van der Waals surface area contributed by atoms with E-state index < -0.39 is 45.4 Å². The second-order valence-electron chi connectivity index (χ2n) is 13.0. The highest BCUT2D eigenvalue weighted by molar-refractivity contribution is 7.89. The lowest BCUT2D eigenvalue weighted by Crippen LogP contribution is -2.52. The van der Waals surface area contributed by atoms with Gasteiger partial charge in [-0.25, -0.2) is 17.6 Å². The number of halogens is 1. The zero-order chi connectivity index (χ0) is 33.9. The predicted molar refractivity (Wildman–Crippen MR) is 170 cm³/mol. The number of benzene rings is 2. The minimum absolute atomic E-state index is 0.139. The van der Waals surface area contributed by atoms with E-state index in [2.05, 4.69) is 21.3 Å². The van der Waals surface area contributed by atoms with E-state index in [-0.39, 0.29) is 60.6 Å². The molecular weight excluding hydrogens is 631 g/mol. The topological polar surface area (TPSA) is 166 Å². The molecule has 0 aromatic heterocycles. The summed E-state index contributed by atoms with van der Waals surface area (Å²) in [5.41, 5.74) is 1.17. The minimum Gasteiger partial charge on any atom is -0.444 e. The monoisotopic (exact) mass is 672 g/mol. The van der Waals surface area contributed by atoms with Crippen LogP contribution in [0, 0.1) is 5.82 Å². The van der Waals surface area contributed by atoms with Crippen molar-refractivity contribution in [1.82, 2.24) is 25.2 Å². The number of amides is 4. The molecule has 4 amide bonds. The summed E-state index contributed by atoms with van der Waals surface area (Å²) in [6.07, 6.45) is 0.811. The highest BCUT2D eigenvalue weighted by Crippen LogP contribution is 2.31. The molecular formula is C32H41FN6O7S. The van der Waals surface area contributed by atoms with Gasteiger partial charge in [0.25, 0.3) is 5.91 Å². The van der Waals surface area contributed by atoms with Gasteiger partial charge in [0.2, 0.25) is 21.8 Å². The zero-order valence-electron chi connectivity index (χ0n) is 26.7. The second-order valence-corrected chi connectivity index (χ2v) is 14.9. The van der Waals surface area contributed by atoms with Crippen LogP contribution in [0.25, 0.3) is 0 Å². The number of alkyl carbamates (subject to hydrolysis) is 1. The van der Waals surface area contributed by atoms with Crippen LogP contribution in [0.15, 0.2) is 41.3 Å². The van der Waals surface area contributed by atoms with Crippen LogP contribution in [0.5, 0.6) is 0 Å². The lowest BCUT2D eigenvalue weighted by Gasteiger charge is -2.32. The number of carbonyl (C=O) groups excluding carboxylic acids is 4. The van der Waals surface area contributed by atoms with Crippen molar-refractivity contribution >= 4 is 39.5 Å². The molecule has 4 N–H and O–H groups in total. The number of carbonyl (C=O) groups is 4. The van der Waals surface area contributed by atoms with Gasteiger partial charge in [0, 0.05) is 57.3 Å². The summed E-state index contributed by atoms with van der Waals surface area (Å²) in [6.45, 7) is 7.22. The van der Waals surface area contributed by atoms with Gasteiger partial charge in [0.1, 0.15) is 17.5 Å². The Hall–Kier alpha value is -4.08. The first kappa shape index (κ1) is 34.3. The third-order valence-corrected chi connectivity index (χ3v) is 10.2. The van der Waals surface area contributed by atoms with Crippen molar-refractivity contribution in [2.45, 2.75) is 82.1 Å². The molecule has 3 heterocycles. The van der Waals surface area contributed by atoms with Gasteiger partial charge < -0.3 is 25.6 Å². The van der Waals surface area contributed by atoms with Crippen LogP contribution in [-0.4, -0.2) is 85.3 Å². The summed E-state index contributed by atoms with van der Waals surface area (Å²) < 4.78 is 48.3. The highest BCUT2D eigenvalue weighted by atomic mass is 32.2. The van der Waals surface area contributed by atoms with Crippen molar-refractivity contribution in [2.75, 3.05) is 31.5 Å². The molecule has 5 rings (SSSR count). The molecule has 0 saturated carbocycles. The zero-order valence-corrected chi connectivity index (χ0v) is 27.5. The molecule has 15 heteroatoms. The van der Waals surface area contributed by atoms with E-state index in [4.69, 9.17) is 4.74 Å². The average molecular weight is 673 g/mol.